The van der Waals surface area contributed by atoms with E-state index in [2.05, 4.69) is 53.8 Å². The molecule has 80 valence electrons. The first kappa shape index (κ1) is 10.1. The van der Waals surface area contributed by atoms with E-state index in [0.29, 0.717) is 0 Å². The van der Waals surface area contributed by atoms with Crippen molar-refractivity contribution in [2.45, 2.75) is 10.3 Å². The van der Waals surface area contributed by atoms with Crippen LogP contribution in [-0.2, 0) is 3.42 Å². The van der Waals surface area contributed by atoms with Gasteiger partial charge in [-0.2, -0.15) is 0 Å². The lowest BCUT2D eigenvalue weighted by atomic mass is 9.89. The molecule has 1 aliphatic heterocycles. The van der Waals surface area contributed by atoms with E-state index in [-0.39, 0.29) is 3.42 Å². The number of para-hydroxylation sites is 2. The van der Waals surface area contributed by atoms with E-state index < -0.39 is 0 Å². The van der Waals surface area contributed by atoms with Crippen molar-refractivity contribution < 1.29 is 4.74 Å². The van der Waals surface area contributed by atoms with Gasteiger partial charge in [0.25, 0.3) is 0 Å². The average molecular weight is 322 g/mol. The molecule has 2 heteroatoms. The predicted molar refractivity (Wildman–Crippen MR) is 73.4 cm³/mol. The maximum Gasteiger partial charge on any atom is 0.132 e. The highest BCUT2D eigenvalue weighted by atomic mass is 127. The van der Waals surface area contributed by atoms with E-state index >= 15 is 0 Å². The van der Waals surface area contributed by atoms with Gasteiger partial charge in [-0.3, -0.25) is 0 Å². The first-order valence-corrected chi connectivity index (χ1v) is 6.33. The summed E-state index contributed by atoms with van der Waals surface area (Å²) in [7, 11) is 0. The summed E-state index contributed by atoms with van der Waals surface area (Å²) < 4.78 is 5.90. The van der Waals surface area contributed by atoms with Crippen molar-refractivity contribution in [2.24, 2.45) is 0 Å². The number of hydrogen-bond acceptors (Lipinski definition) is 1. The van der Waals surface area contributed by atoms with Crippen LogP contribution in [0, 0.1) is 0 Å². The van der Waals surface area contributed by atoms with Gasteiger partial charge in [-0.25, -0.2) is 0 Å². The third-order valence-corrected chi connectivity index (χ3v) is 4.17. The standard InChI is InChI=1S/C14H11IO/c1-14(15)10-6-2-4-8-12(10)16-13-9-5-3-7-11(13)14/h2-9H,1H3. The van der Waals surface area contributed by atoms with Crippen LogP contribution in [0.4, 0.5) is 0 Å². The number of halogens is 1. The molecule has 0 saturated carbocycles. The maximum absolute atomic E-state index is 5.91. The molecule has 0 saturated heterocycles. The second-order valence-corrected chi connectivity index (χ2v) is 6.25. The summed E-state index contributed by atoms with van der Waals surface area (Å²) in [5.74, 6) is 1.94. The number of fused-ring (bicyclic) bond motifs is 2. The average Bonchev–Trinajstić information content (AvgIpc) is 2.29. The minimum atomic E-state index is -0.0107. The van der Waals surface area contributed by atoms with Crippen LogP contribution in [0.1, 0.15) is 18.1 Å². The largest absolute Gasteiger partial charge is 0.457 e. The monoisotopic (exact) mass is 322 g/mol. The lowest BCUT2D eigenvalue weighted by molar-refractivity contribution is 0.446. The molecule has 0 fully saturated rings. The Balaban J connectivity index is 2.28. The summed E-state index contributed by atoms with van der Waals surface area (Å²) in [5.41, 5.74) is 2.49. The van der Waals surface area contributed by atoms with Gasteiger partial charge in [0.05, 0.1) is 3.42 Å². The van der Waals surface area contributed by atoms with Gasteiger partial charge in [0.1, 0.15) is 11.5 Å². The lowest BCUT2D eigenvalue weighted by Gasteiger charge is -2.32. The number of rotatable bonds is 0. The highest BCUT2D eigenvalue weighted by molar-refractivity contribution is 14.1. The topological polar surface area (TPSA) is 9.23 Å². The molecule has 0 aromatic heterocycles. The fraction of sp³-hybridized carbons (Fsp3) is 0.143. The second kappa shape index (κ2) is 3.48. The molecule has 2 aromatic carbocycles. The first-order chi connectivity index (χ1) is 7.69. The molecule has 16 heavy (non-hydrogen) atoms. The normalized spacial score (nSPS) is 15.9. The molecule has 0 amide bonds. The van der Waals surface area contributed by atoms with Crippen molar-refractivity contribution in [1.29, 1.82) is 0 Å². The molecule has 0 unspecified atom stereocenters. The van der Waals surface area contributed by atoms with E-state index in [0.717, 1.165) is 11.5 Å². The van der Waals surface area contributed by atoms with Crippen molar-refractivity contribution in [3.8, 4) is 11.5 Å². The van der Waals surface area contributed by atoms with Crippen molar-refractivity contribution in [2.75, 3.05) is 0 Å². The smallest absolute Gasteiger partial charge is 0.132 e. The highest BCUT2D eigenvalue weighted by Crippen LogP contribution is 2.51. The summed E-state index contributed by atoms with van der Waals surface area (Å²) in [5, 5.41) is 0. The van der Waals surface area contributed by atoms with Gasteiger partial charge in [0, 0.05) is 11.1 Å². The Labute approximate surface area is 109 Å². The maximum atomic E-state index is 5.91. The predicted octanol–water partition coefficient (Wildman–Crippen LogP) is 4.49. The van der Waals surface area contributed by atoms with Crippen LogP contribution < -0.4 is 4.74 Å². The Bertz CT molecular complexity index is 498. The Morgan fingerprint density at radius 3 is 1.81 bits per heavy atom. The van der Waals surface area contributed by atoms with Crippen molar-refractivity contribution in [3.63, 3.8) is 0 Å². The van der Waals surface area contributed by atoms with Crippen molar-refractivity contribution in [3.05, 3.63) is 59.7 Å². The van der Waals surface area contributed by atoms with Gasteiger partial charge >= 0.3 is 0 Å². The quantitative estimate of drug-likeness (QED) is 0.513. The fourth-order valence-electron chi connectivity index (χ4n) is 2.15. The van der Waals surface area contributed by atoms with Crippen LogP contribution in [0.2, 0.25) is 0 Å². The summed E-state index contributed by atoms with van der Waals surface area (Å²) >= 11 is 2.49. The molecule has 0 radical (unpaired) electrons. The molecule has 0 aliphatic carbocycles. The highest BCUT2D eigenvalue weighted by Gasteiger charge is 2.35. The molecule has 3 rings (SSSR count). The third-order valence-electron chi connectivity index (χ3n) is 3.01. The van der Waals surface area contributed by atoms with Crippen molar-refractivity contribution in [1.82, 2.24) is 0 Å². The summed E-state index contributed by atoms with van der Waals surface area (Å²) in [6.45, 7) is 2.23. The second-order valence-electron chi connectivity index (χ2n) is 4.10. The molecule has 0 atom stereocenters. The van der Waals surface area contributed by atoms with Crippen molar-refractivity contribution >= 4 is 22.6 Å². The number of hydrogen-bond donors (Lipinski definition) is 0. The molecule has 1 aliphatic rings. The minimum absolute atomic E-state index is 0.0107. The molecule has 0 spiro atoms. The number of alkyl halides is 1. The van der Waals surface area contributed by atoms with E-state index in [1.165, 1.54) is 11.1 Å². The van der Waals surface area contributed by atoms with Crippen LogP contribution >= 0.6 is 22.6 Å². The van der Waals surface area contributed by atoms with Crippen LogP contribution in [-0.4, -0.2) is 0 Å². The zero-order valence-corrected chi connectivity index (χ0v) is 11.1. The van der Waals surface area contributed by atoms with Crippen LogP contribution in [0.25, 0.3) is 0 Å². The molecular weight excluding hydrogens is 311 g/mol. The van der Waals surface area contributed by atoms with Crippen LogP contribution in [0.3, 0.4) is 0 Å². The Hall–Kier alpha value is -1.03. The first-order valence-electron chi connectivity index (χ1n) is 5.25. The Morgan fingerprint density at radius 2 is 1.31 bits per heavy atom. The molecule has 1 nitrogen and oxygen atoms in total. The Kier molecular flexibility index (Phi) is 2.21. The van der Waals surface area contributed by atoms with Gasteiger partial charge < -0.3 is 4.74 Å². The zero-order chi connectivity index (χ0) is 11.2. The zero-order valence-electron chi connectivity index (χ0n) is 8.91. The fourth-order valence-corrected chi connectivity index (χ4v) is 3.04. The van der Waals surface area contributed by atoms with Gasteiger partial charge in [-0.1, -0.05) is 59.0 Å². The lowest BCUT2D eigenvalue weighted by Crippen LogP contribution is -2.20. The molecule has 2 aromatic rings. The minimum Gasteiger partial charge on any atom is -0.457 e. The van der Waals surface area contributed by atoms with E-state index in [1.807, 2.05) is 24.3 Å². The van der Waals surface area contributed by atoms with Gasteiger partial charge in [0.15, 0.2) is 0 Å². The molecule has 0 N–H and O–H groups in total. The summed E-state index contributed by atoms with van der Waals surface area (Å²) in [6.07, 6.45) is 0. The van der Waals surface area contributed by atoms with Crippen LogP contribution in [0.15, 0.2) is 48.5 Å². The van der Waals surface area contributed by atoms with Gasteiger partial charge in [-0.15, -0.1) is 0 Å². The summed E-state index contributed by atoms with van der Waals surface area (Å²) in [4.78, 5) is 0. The molecule has 1 heterocycles. The summed E-state index contributed by atoms with van der Waals surface area (Å²) in [6, 6.07) is 16.5. The van der Waals surface area contributed by atoms with Gasteiger partial charge in [-0.05, 0) is 19.1 Å². The van der Waals surface area contributed by atoms with E-state index in [9.17, 15) is 0 Å². The van der Waals surface area contributed by atoms with E-state index in [1.54, 1.807) is 0 Å². The van der Waals surface area contributed by atoms with Crippen LogP contribution in [0.5, 0.6) is 11.5 Å². The van der Waals surface area contributed by atoms with E-state index in [4.69, 9.17) is 4.74 Å². The number of benzene rings is 2. The third kappa shape index (κ3) is 1.36. The Morgan fingerprint density at radius 1 is 0.875 bits per heavy atom. The molecular formula is C14H11IO. The SMILES string of the molecule is CC1(I)c2ccccc2Oc2ccccc21. The number of ether oxygens (including phenoxy) is 1. The molecule has 0 bridgehead atoms. The van der Waals surface area contributed by atoms with Gasteiger partial charge in [0.2, 0.25) is 0 Å².